The minimum absolute atomic E-state index is 0.0836. The van der Waals surface area contributed by atoms with Gasteiger partial charge >= 0.3 is 0 Å². The van der Waals surface area contributed by atoms with Crippen LogP contribution in [-0.2, 0) is 9.84 Å². The molecule has 24 heavy (non-hydrogen) atoms. The van der Waals surface area contributed by atoms with Crippen LogP contribution in [0.1, 0.15) is 31.4 Å². The molecule has 2 fully saturated rings. The second-order valence-corrected chi connectivity index (χ2v) is 9.41. The molecule has 1 spiro atoms. The van der Waals surface area contributed by atoms with Crippen LogP contribution in [0, 0.1) is 12.3 Å². The van der Waals surface area contributed by atoms with Crippen molar-refractivity contribution in [1.82, 2.24) is 9.78 Å². The van der Waals surface area contributed by atoms with Gasteiger partial charge in [0.25, 0.3) is 0 Å². The van der Waals surface area contributed by atoms with Gasteiger partial charge in [0.2, 0.25) is 0 Å². The summed E-state index contributed by atoms with van der Waals surface area (Å²) < 4.78 is 24.9. The van der Waals surface area contributed by atoms with E-state index in [0.717, 1.165) is 42.8 Å². The maximum absolute atomic E-state index is 11.5. The molecule has 0 radical (unpaired) electrons. The molecule has 0 amide bonds. The first-order valence-electron chi connectivity index (χ1n) is 8.53. The number of nitrogens with zero attached hydrogens (tertiary/aromatic N) is 2. The van der Waals surface area contributed by atoms with Crippen molar-refractivity contribution in [1.29, 1.82) is 0 Å². The third kappa shape index (κ3) is 2.83. The Hall–Kier alpha value is -1.82. The number of nitrogens with one attached hydrogen (secondary N) is 1. The smallest absolute Gasteiger partial charge is 0.151 e. The minimum Gasteiger partial charge on any atom is -0.380 e. The molecule has 128 valence electrons. The van der Waals surface area contributed by atoms with Gasteiger partial charge in [-0.25, -0.2) is 13.1 Å². The van der Waals surface area contributed by atoms with Crippen LogP contribution < -0.4 is 5.32 Å². The Balaban J connectivity index is 1.42. The number of rotatable bonds is 3. The second kappa shape index (κ2) is 5.62. The Labute approximate surface area is 143 Å². The van der Waals surface area contributed by atoms with Crippen molar-refractivity contribution >= 4 is 15.5 Å². The third-order valence-electron chi connectivity index (χ3n) is 5.47. The van der Waals surface area contributed by atoms with Crippen molar-refractivity contribution in [2.45, 2.75) is 38.6 Å². The fraction of sp³-hybridized carbons (Fsp3) is 0.500. The Kier molecular flexibility index (Phi) is 3.67. The first-order valence-corrected chi connectivity index (χ1v) is 10.4. The number of hydrogen-bond donors (Lipinski definition) is 1. The highest BCUT2D eigenvalue weighted by atomic mass is 32.2. The van der Waals surface area contributed by atoms with Gasteiger partial charge < -0.3 is 5.32 Å². The molecule has 0 atom stereocenters. The van der Waals surface area contributed by atoms with Gasteiger partial charge in [0, 0.05) is 6.04 Å². The highest BCUT2D eigenvalue weighted by molar-refractivity contribution is 7.92. The monoisotopic (exact) mass is 345 g/mol. The lowest BCUT2D eigenvalue weighted by atomic mass is 9.74. The fourth-order valence-electron chi connectivity index (χ4n) is 4.15. The van der Waals surface area contributed by atoms with Gasteiger partial charge in [0.1, 0.15) is 0 Å². The molecule has 6 heteroatoms. The molecule has 1 saturated carbocycles. The summed E-state index contributed by atoms with van der Waals surface area (Å²) in [5.74, 6) is 0.801. The molecule has 2 aliphatic rings. The molecule has 1 aromatic heterocycles. The molecular formula is C18H23N3O2S. The number of anilines is 1. The van der Waals surface area contributed by atoms with Gasteiger partial charge in [-0.2, -0.15) is 5.10 Å². The van der Waals surface area contributed by atoms with Crippen LogP contribution in [0.5, 0.6) is 0 Å². The van der Waals surface area contributed by atoms with Crippen LogP contribution in [0.3, 0.4) is 0 Å². The summed E-state index contributed by atoms with van der Waals surface area (Å²) >= 11 is 0. The quantitative estimate of drug-likeness (QED) is 0.929. The van der Waals surface area contributed by atoms with Gasteiger partial charge in [-0.1, -0.05) is 18.2 Å². The Morgan fingerprint density at radius 3 is 2.46 bits per heavy atom. The largest absolute Gasteiger partial charge is 0.380 e. The van der Waals surface area contributed by atoms with E-state index in [1.165, 1.54) is 0 Å². The molecule has 5 nitrogen and oxygen atoms in total. The predicted octanol–water partition coefficient (Wildman–Crippen LogP) is 2.95. The van der Waals surface area contributed by atoms with E-state index < -0.39 is 9.84 Å². The van der Waals surface area contributed by atoms with E-state index in [1.54, 1.807) is 0 Å². The molecule has 2 aromatic rings. The summed E-state index contributed by atoms with van der Waals surface area (Å²) in [7, 11) is -2.73. The summed E-state index contributed by atoms with van der Waals surface area (Å²) in [4.78, 5) is 0. The van der Waals surface area contributed by atoms with E-state index >= 15 is 0 Å². The van der Waals surface area contributed by atoms with E-state index in [2.05, 4.69) is 17.3 Å². The average molecular weight is 345 g/mol. The van der Waals surface area contributed by atoms with E-state index in [-0.39, 0.29) is 5.41 Å². The van der Waals surface area contributed by atoms with E-state index in [9.17, 15) is 8.42 Å². The molecule has 0 unspecified atom stereocenters. The maximum atomic E-state index is 11.5. The zero-order chi connectivity index (χ0) is 16.8. The molecule has 4 rings (SSSR count). The number of para-hydroxylation sites is 1. The first kappa shape index (κ1) is 15.7. The summed E-state index contributed by atoms with van der Waals surface area (Å²) in [5.41, 5.74) is 3.32. The van der Waals surface area contributed by atoms with Crippen LogP contribution in [0.15, 0.2) is 36.5 Å². The van der Waals surface area contributed by atoms with Crippen molar-refractivity contribution in [2.24, 2.45) is 5.41 Å². The zero-order valence-corrected chi connectivity index (χ0v) is 14.7. The molecule has 2 heterocycles. The lowest BCUT2D eigenvalue weighted by Gasteiger charge is -2.46. The van der Waals surface area contributed by atoms with Gasteiger partial charge in [0.05, 0.1) is 34.8 Å². The maximum Gasteiger partial charge on any atom is 0.151 e. The van der Waals surface area contributed by atoms with Crippen molar-refractivity contribution in [3.8, 4) is 5.69 Å². The van der Waals surface area contributed by atoms with Gasteiger partial charge in [0.15, 0.2) is 9.84 Å². The third-order valence-corrected chi connectivity index (χ3v) is 7.57. The lowest BCUT2D eigenvalue weighted by Crippen LogP contribution is -2.51. The van der Waals surface area contributed by atoms with Crippen molar-refractivity contribution in [2.75, 3.05) is 16.8 Å². The average Bonchev–Trinajstić information content (AvgIpc) is 2.90. The normalized spacial score (nSPS) is 22.2. The summed E-state index contributed by atoms with van der Waals surface area (Å²) in [6.07, 6.45) is 5.98. The standard InChI is InChI=1S/C18H23N3O2S/c1-14-17(11-19-21(14)16-5-3-2-4-6-16)20-15-7-9-18(10-8-15)12-24(22,23)13-18/h2-6,11,15,20H,7-10,12-13H2,1H3. The lowest BCUT2D eigenvalue weighted by molar-refractivity contribution is 0.216. The Morgan fingerprint density at radius 1 is 1.17 bits per heavy atom. The van der Waals surface area contributed by atoms with Crippen LogP contribution in [0.25, 0.3) is 5.69 Å². The van der Waals surface area contributed by atoms with Crippen LogP contribution in [-0.4, -0.2) is 35.7 Å². The van der Waals surface area contributed by atoms with Gasteiger partial charge in [-0.3, -0.25) is 0 Å². The number of hydrogen-bond acceptors (Lipinski definition) is 4. The van der Waals surface area contributed by atoms with Crippen LogP contribution in [0.4, 0.5) is 5.69 Å². The predicted molar refractivity (Wildman–Crippen MR) is 95.3 cm³/mol. The molecule has 1 N–H and O–H groups in total. The fourth-order valence-corrected chi connectivity index (χ4v) is 6.51. The summed E-state index contributed by atoms with van der Waals surface area (Å²) in [5, 5.41) is 8.11. The number of sulfone groups is 1. The molecular weight excluding hydrogens is 322 g/mol. The van der Waals surface area contributed by atoms with E-state index in [4.69, 9.17) is 0 Å². The molecule has 1 saturated heterocycles. The molecule has 1 aliphatic carbocycles. The molecule has 0 bridgehead atoms. The highest BCUT2D eigenvalue weighted by Gasteiger charge is 2.49. The summed E-state index contributed by atoms with van der Waals surface area (Å²) in [6, 6.07) is 10.5. The van der Waals surface area contributed by atoms with Crippen LogP contribution in [0.2, 0.25) is 0 Å². The molecule has 1 aromatic carbocycles. The van der Waals surface area contributed by atoms with Gasteiger partial charge in [-0.15, -0.1) is 0 Å². The highest BCUT2D eigenvalue weighted by Crippen LogP contribution is 2.46. The van der Waals surface area contributed by atoms with Crippen molar-refractivity contribution in [3.05, 3.63) is 42.2 Å². The minimum atomic E-state index is -2.73. The second-order valence-electron chi connectivity index (χ2n) is 7.34. The van der Waals surface area contributed by atoms with E-state index in [1.807, 2.05) is 41.2 Å². The SMILES string of the molecule is Cc1c(NC2CCC3(CC2)CS(=O)(=O)C3)cnn1-c1ccccc1. The van der Waals surface area contributed by atoms with Crippen molar-refractivity contribution in [3.63, 3.8) is 0 Å². The Morgan fingerprint density at radius 2 is 1.83 bits per heavy atom. The molecule has 1 aliphatic heterocycles. The van der Waals surface area contributed by atoms with Crippen LogP contribution >= 0.6 is 0 Å². The Bertz CT molecular complexity index is 820. The topological polar surface area (TPSA) is 64.0 Å². The van der Waals surface area contributed by atoms with Crippen molar-refractivity contribution < 1.29 is 8.42 Å². The first-order chi connectivity index (χ1) is 11.5. The number of aromatic nitrogens is 2. The number of benzene rings is 1. The zero-order valence-electron chi connectivity index (χ0n) is 13.9. The van der Waals surface area contributed by atoms with Gasteiger partial charge in [-0.05, 0) is 50.2 Å². The summed E-state index contributed by atoms with van der Waals surface area (Å²) in [6.45, 7) is 2.07. The van der Waals surface area contributed by atoms with E-state index in [0.29, 0.717) is 17.5 Å².